The Bertz CT molecular complexity index is 510. The molecule has 6 nitrogen and oxygen atoms in total. The maximum atomic E-state index is 11.0. The van der Waals surface area contributed by atoms with Crippen molar-refractivity contribution in [1.82, 2.24) is 4.90 Å². The molecule has 1 aliphatic heterocycles. The number of sulfonamides is 1. The Morgan fingerprint density at radius 2 is 1.78 bits per heavy atom. The lowest BCUT2D eigenvalue weighted by atomic mass is 10.2. The van der Waals surface area contributed by atoms with Gasteiger partial charge in [0.15, 0.2) is 0 Å². The maximum Gasteiger partial charge on any atom is 0.222 e. The zero-order valence-electron chi connectivity index (χ0n) is 9.99. The first-order valence-corrected chi connectivity index (χ1v) is 7.43. The number of phenolic OH excluding ortho intramolecular Hbond substituents is 1. The topological polar surface area (TPSA) is 86.9 Å². The highest BCUT2D eigenvalue weighted by molar-refractivity contribution is 7.89. The highest BCUT2D eigenvalue weighted by Crippen LogP contribution is 2.27. The summed E-state index contributed by atoms with van der Waals surface area (Å²) in [5.41, 5.74) is 0.785. The molecule has 7 heteroatoms. The van der Waals surface area contributed by atoms with Crippen LogP contribution in [0.3, 0.4) is 0 Å². The third-order valence-corrected chi connectivity index (χ3v) is 3.68. The lowest BCUT2D eigenvalue weighted by Gasteiger charge is -2.35. The van der Waals surface area contributed by atoms with Crippen molar-refractivity contribution in [2.45, 2.75) is 0 Å². The second-order valence-electron chi connectivity index (χ2n) is 4.39. The van der Waals surface area contributed by atoms with Gasteiger partial charge in [-0.05, 0) is 12.1 Å². The van der Waals surface area contributed by atoms with Crippen molar-refractivity contribution in [3.63, 3.8) is 0 Å². The number of para-hydroxylation sites is 2. The number of aromatic hydroxyl groups is 1. The van der Waals surface area contributed by atoms with Crippen LogP contribution >= 0.6 is 0 Å². The minimum Gasteiger partial charge on any atom is -0.506 e. The Balaban J connectivity index is 1.97. The zero-order valence-corrected chi connectivity index (χ0v) is 10.8. The van der Waals surface area contributed by atoms with Gasteiger partial charge >= 0.3 is 0 Å². The SMILES string of the molecule is NS(=O)(=O)CN1CCN(c2ccccc2O)CC1. The van der Waals surface area contributed by atoms with Crippen molar-refractivity contribution in [3.8, 4) is 5.75 Å². The molecule has 0 aromatic heterocycles. The third kappa shape index (κ3) is 3.34. The van der Waals surface area contributed by atoms with Gasteiger partial charge in [0.05, 0.1) is 5.69 Å². The van der Waals surface area contributed by atoms with Gasteiger partial charge in [0.2, 0.25) is 10.0 Å². The Labute approximate surface area is 107 Å². The van der Waals surface area contributed by atoms with Crippen molar-refractivity contribution in [2.75, 3.05) is 37.0 Å². The highest BCUT2D eigenvalue weighted by atomic mass is 32.2. The number of anilines is 1. The summed E-state index contributed by atoms with van der Waals surface area (Å²) in [5.74, 6) is 0.138. The van der Waals surface area contributed by atoms with Crippen LogP contribution in [0.2, 0.25) is 0 Å². The highest BCUT2D eigenvalue weighted by Gasteiger charge is 2.21. The molecular weight excluding hydrogens is 254 g/mol. The van der Waals surface area contributed by atoms with E-state index in [9.17, 15) is 13.5 Å². The number of benzene rings is 1. The van der Waals surface area contributed by atoms with E-state index < -0.39 is 10.0 Å². The number of phenols is 1. The van der Waals surface area contributed by atoms with Gasteiger partial charge in [-0.2, -0.15) is 0 Å². The summed E-state index contributed by atoms with van der Waals surface area (Å²) in [6, 6.07) is 7.14. The molecule has 1 aromatic carbocycles. The van der Waals surface area contributed by atoms with Crippen LogP contribution in [-0.2, 0) is 10.0 Å². The van der Waals surface area contributed by atoms with Gasteiger partial charge in [-0.15, -0.1) is 0 Å². The van der Waals surface area contributed by atoms with E-state index in [2.05, 4.69) is 0 Å². The number of primary sulfonamides is 1. The van der Waals surface area contributed by atoms with Crippen LogP contribution in [-0.4, -0.2) is 50.5 Å². The van der Waals surface area contributed by atoms with Crippen LogP contribution in [0.25, 0.3) is 0 Å². The molecule has 1 aliphatic rings. The first-order chi connectivity index (χ1) is 8.46. The maximum absolute atomic E-state index is 11.0. The van der Waals surface area contributed by atoms with Crippen LogP contribution < -0.4 is 10.0 Å². The molecule has 100 valence electrons. The van der Waals surface area contributed by atoms with Crippen LogP contribution in [0.5, 0.6) is 5.75 Å². The number of nitrogens with two attached hydrogens (primary N) is 1. The Kier molecular flexibility index (Phi) is 3.74. The summed E-state index contributed by atoms with van der Waals surface area (Å²) < 4.78 is 22.0. The van der Waals surface area contributed by atoms with Crippen LogP contribution in [0.1, 0.15) is 0 Å². The fraction of sp³-hybridized carbons (Fsp3) is 0.455. The van der Waals surface area contributed by atoms with Crippen LogP contribution in [0.4, 0.5) is 5.69 Å². The van der Waals surface area contributed by atoms with E-state index in [1.54, 1.807) is 17.0 Å². The minimum absolute atomic E-state index is 0.110. The molecule has 0 amide bonds. The quantitative estimate of drug-likeness (QED) is 0.792. The van der Waals surface area contributed by atoms with Gasteiger partial charge < -0.3 is 10.0 Å². The predicted molar refractivity (Wildman–Crippen MR) is 69.9 cm³/mol. The summed E-state index contributed by atoms with van der Waals surface area (Å²) in [7, 11) is -3.46. The second-order valence-corrected chi connectivity index (χ2v) is 5.97. The predicted octanol–water partition coefficient (Wildman–Crippen LogP) is -0.240. The lowest BCUT2D eigenvalue weighted by molar-refractivity contribution is 0.293. The molecule has 0 radical (unpaired) electrons. The normalized spacial score (nSPS) is 17.9. The second kappa shape index (κ2) is 5.13. The molecule has 0 aliphatic carbocycles. The number of hydrogen-bond donors (Lipinski definition) is 2. The zero-order chi connectivity index (χ0) is 13.2. The molecule has 0 spiro atoms. The largest absolute Gasteiger partial charge is 0.506 e. The first-order valence-electron chi connectivity index (χ1n) is 5.71. The smallest absolute Gasteiger partial charge is 0.222 e. The fourth-order valence-corrected chi connectivity index (χ4v) is 2.87. The Morgan fingerprint density at radius 3 is 2.33 bits per heavy atom. The van der Waals surface area contributed by atoms with Gasteiger partial charge in [0.1, 0.15) is 11.6 Å². The van der Waals surface area contributed by atoms with Crippen LogP contribution in [0.15, 0.2) is 24.3 Å². The van der Waals surface area contributed by atoms with E-state index in [1.165, 1.54) is 0 Å². The molecule has 3 N–H and O–H groups in total. The summed E-state index contributed by atoms with van der Waals surface area (Å²) >= 11 is 0. The van der Waals surface area contributed by atoms with Crippen molar-refractivity contribution < 1.29 is 13.5 Å². The van der Waals surface area contributed by atoms with Gasteiger partial charge in [-0.1, -0.05) is 12.1 Å². The van der Waals surface area contributed by atoms with E-state index >= 15 is 0 Å². The van der Waals surface area contributed by atoms with Crippen molar-refractivity contribution >= 4 is 15.7 Å². The van der Waals surface area contributed by atoms with E-state index in [0.29, 0.717) is 26.2 Å². The third-order valence-electron chi connectivity index (χ3n) is 2.96. The average Bonchev–Trinajstić information content (AvgIpc) is 2.29. The van der Waals surface area contributed by atoms with E-state index in [1.807, 2.05) is 17.0 Å². The summed E-state index contributed by atoms with van der Waals surface area (Å²) in [4.78, 5) is 3.83. The molecule has 1 fully saturated rings. The molecule has 18 heavy (non-hydrogen) atoms. The summed E-state index contributed by atoms with van der Waals surface area (Å²) in [6.07, 6.45) is 0. The molecule has 0 saturated carbocycles. The van der Waals surface area contributed by atoms with E-state index in [4.69, 9.17) is 5.14 Å². The molecule has 1 aromatic rings. The standard InChI is InChI=1S/C11H17N3O3S/c12-18(16,17)9-13-5-7-14(8-6-13)10-3-1-2-4-11(10)15/h1-4,15H,5-9H2,(H2,12,16,17). The summed E-state index contributed by atoms with van der Waals surface area (Å²) in [6.45, 7) is 2.58. The van der Waals surface area contributed by atoms with Gasteiger partial charge in [-0.3, -0.25) is 4.90 Å². The first kappa shape index (κ1) is 13.1. The Morgan fingerprint density at radius 1 is 1.17 bits per heavy atom. The molecule has 2 rings (SSSR count). The number of nitrogens with zero attached hydrogens (tertiary/aromatic N) is 2. The molecular formula is C11H17N3O3S. The fourth-order valence-electron chi connectivity index (χ4n) is 2.10. The molecule has 1 heterocycles. The van der Waals surface area contributed by atoms with Crippen LogP contribution in [0, 0.1) is 0 Å². The van der Waals surface area contributed by atoms with Crippen molar-refractivity contribution in [2.24, 2.45) is 5.14 Å². The molecule has 0 unspecified atom stereocenters. The van der Waals surface area contributed by atoms with Gasteiger partial charge in [-0.25, -0.2) is 13.6 Å². The average molecular weight is 271 g/mol. The van der Waals surface area contributed by atoms with E-state index in [0.717, 1.165) is 5.69 Å². The molecule has 0 atom stereocenters. The molecule has 0 bridgehead atoms. The minimum atomic E-state index is -3.46. The number of piperazine rings is 1. The van der Waals surface area contributed by atoms with E-state index in [-0.39, 0.29) is 11.6 Å². The lowest BCUT2D eigenvalue weighted by Crippen LogP contribution is -2.48. The number of hydrogen-bond acceptors (Lipinski definition) is 5. The number of rotatable bonds is 3. The Hall–Kier alpha value is -1.31. The molecule has 1 saturated heterocycles. The monoisotopic (exact) mass is 271 g/mol. The van der Waals surface area contributed by atoms with Crippen molar-refractivity contribution in [1.29, 1.82) is 0 Å². The summed E-state index contributed by atoms with van der Waals surface area (Å²) in [5, 5.41) is 14.8. The van der Waals surface area contributed by atoms with Gasteiger partial charge in [0.25, 0.3) is 0 Å². The van der Waals surface area contributed by atoms with Crippen molar-refractivity contribution in [3.05, 3.63) is 24.3 Å². The van der Waals surface area contributed by atoms with Gasteiger partial charge in [0, 0.05) is 26.2 Å².